The molecule has 6 N–H and O–H groups in total. The molecule has 0 aliphatic carbocycles. The fraction of sp³-hybridized carbons (Fsp3) is 0.243. The number of hydrogen-bond acceptors (Lipinski definition) is 11. The van der Waals surface area contributed by atoms with Crippen molar-refractivity contribution in [3.8, 4) is 0 Å². The third-order valence-electron chi connectivity index (χ3n) is 17.6. The number of carbonyl (C=O) groups excluding carboxylic acids is 3. The number of pyridine rings is 5. The number of aromatic nitrogens is 10. The molecule has 17 nitrogen and oxygen atoms in total. The SMILES string of the molecule is CC(C)(C)[Si](C)(C)n1ccc2c(Cl)ccnc21.CC1(C)OC(=O)C(C(c2ccccc2)c2c[nH]c3nccc(Cl)c23)C(=O)O1.CNC(=O)CC(c1ccccc1)c1c[nH]c2nccc(Cl)c12.CNCCC(c1ccccc1)c1c[nH]c2nccc(Cl)c12.Clc1ccnc2[nH]ccc12. The minimum Gasteiger partial charge on any atom is -0.422 e. The molecule has 500 valence electrons. The molecule has 1 fully saturated rings. The zero-order valence-electron chi connectivity index (χ0n) is 55.0. The van der Waals surface area contributed by atoms with Crippen LogP contribution in [0.5, 0.6) is 0 Å². The molecule has 14 rings (SSSR count). The second-order valence-electron chi connectivity index (χ2n) is 25.1. The Morgan fingerprint density at radius 1 is 0.557 bits per heavy atom. The van der Waals surface area contributed by atoms with Crippen LogP contribution in [0.3, 0.4) is 0 Å². The molecule has 0 radical (unpaired) electrons. The Morgan fingerprint density at radius 3 is 1.47 bits per heavy atom. The molecule has 1 aliphatic heterocycles. The first-order valence-electron chi connectivity index (χ1n) is 31.5. The zero-order valence-corrected chi connectivity index (χ0v) is 59.8. The predicted molar refractivity (Wildman–Crippen MR) is 394 cm³/mol. The number of esters is 2. The highest BCUT2D eigenvalue weighted by atomic mass is 35.5. The third kappa shape index (κ3) is 16.1. The summed E-state index contributed by atoms with van der Waals surface area (Å²) in [5.41, 5.74) is 10.1. The monoisotopic (exact) mass is 1410 g/mol. The van der Waals surface area contributed by atoms with Crippen molar-refractivity contribution in [3.05, 3.63) is 254 Å². The molecule has 97 heavy (non-hydrogen) atoms. The van der Waals surface area contributed by atoms with Crippen molar-refractivity contribution in [2.45, 2.75) is 89.1 Å². The number of amides is 1. The molecule has 3 unspecified atom stereocenters. The van der Waals surface area contributed by atoms with Gasteiger partial charge in [-0.25, -0.2) is 24.9 Å². The van der Waals surface area contributed by atoms with E-state index in [-0.39, 0.29) is 16.9 Å². The van der Waals surface area contributed by atoms with Crippen molar-refractivity contribution in [1.29, 1.82) is 0 Å². The molecule has 1 aliphatic rings. The van der Waals surface area contributed by atoms with E-state index in [0.717, 1.165) is 88.9 Å². The van der Waals surface area contributed by atoms with Gasteiger partial charge in [-0.3, -0.25) is 14.4 Å². The van der Waals surface area contributed by atoms with Crippen LogP contribution in [-0.2, 0) is 23.9 Å². The fourth-order valence-electron chi connectivity index (χ4n) is 11.7. The molecule has 1 amide bonds. The van der Waals surface area contributed by atoms with Gasteiger partial charge in [0.15, 0.2) is 14.2 Å². The highest BCUT2D eigenvalue weighted by Gasteiger charge is 2.49. The summed E-state index contributed by atoms with van der Waals surface area (Å²) in [6, 6.07) is 42.7. The van der Waals surface area contributed by atoms with Crippen LogP contribution in [0, 0.1) is 5.92 Å². The van der Waals surface area contributed by atoms with Crippen LogP contribution in [0.2, 0.25) is 43.2 Å². The summed E-state index contributed by atoms with van der Waals surface area (Å²) in [5.74, 6) is -4.09. The van der Waals surface area contributed by atoms with Crippen molar-refractivity contribution >= 4 is 139 Å². The van der Waals surface area contributed by atoms with Crippen molar-refractivity contribution in [2.75, 3.05) is 20.6 Å². The fourth-order valence-corrected chi connectivity index (χ4v) is 14.8. The van der Waals surface area contributed by atoms with E-state index >= 15 is 0 Å². The lowest BCUT2D eigenvalue weighted by atomic mass is 9.80. The van der Waals surface area contributed by atoms with Crippen LogP contribution >= 0.6 is 58.0 Å². The van der Waals surface area contributed by atoms with E-state index < -0.39 is 37.8 Å². The summed E-state index contributed by atoms with van der Waals surface area (Å²) in [5, 5.41) is 14.2. The van der Waals surface area contributed by atoms with Crippen molar-refractivity contribution in [1.82, 2.24) is 59.7 Å². The molecule has 1 saturated heterocycles. The number of ether oxygens (including phenoxy) is 2. The maximum atomic E-state index is 12.8. The summed E-state index contributed by atoms with van der Waals surface area (Å²) in [6.07, 6.45) is 19.4. The number of benzene rings is 3. The van der Waals surface area contributed by atoms with Gasteiger partial charge in [-0.2, -0.15) is 0 Å². The highest BCUT2D eigenvalue weighted by Crippen LogP contribution is 2.44. The first-order chi connectivity index (χ1) is 46.5. The molecule has 13 aromatic rings. The van der Waals surface area contributed by atoms with E-state index in [9.17, 15) is 14.4 Å². The van der Waals surface area contributed by atoms with Crippen LogP contribution in [0.25, 0.3) is 55.2 Å². The van der Waals surface area contributed by atoms with Crippen LogP contribution in [-0.4, -0.2) is 102 Å². The van der Waals surface area contributed by atoms with E-state index in [4.69, 9.17) is 67.5 Å². The van der Waals surface area contributed by atoms with Crippen LogP contribution in [0.15, 0.2) is 195 Å². The Kier molecular flexibility index (Phi) is 22.8. The normalized spacial score (nSPS) is 14.0. The largest absolute Gasteiger partial charge is 0.422 e. The van der Waals surface area contributed by atoms with Gasteiger partial charge in [-0.05, 0) is 107 Å². The van der Waals surface area contributed by atoms with Gasteiger partial charge in [0.05, 0.1) is 25.1 Å². The number of aromatic amines is 4. The average molecular weight is 1420 g/mol. The summed E-state index contributed by atoms with van der Waals surface area (Å²) >= 11 is 31.2. The van der Waals surface area contributed by atoms with Gasteiger partial charge < -0.3 is 44.3 Å². The van der Waals surface area contributed by atoms with Crippen molar-refractivity contribution in [3.63, 3.8) is 0 Å². The quantitative estimate of drug-likeness (QED) is 0.0362. The van der Waals surface area contributed by atoms with Gasteiger partial charge >= 0.3 is 11.9 Å². The van der Waals surface area contributed by atoms with Gasteiger partial charge in [0, 0.05) is 128 Å². The molecule has 23 heteroatoms. The Hall–Kier alpha value is -8.85. The molecule has 0 saturated carbocycles. The molecule has 0 spiro atoms. The molecular formula is C74H75Cl5N12O5Si. The highest BCUT2D eigenvalue weighted by molar-refractivity contribution is 6.79. The summed E-state index contributed by atoms with van der Waals surface area (Å²) < 4.78 is 13.1. The van der Waals surface area contributed by atoms with Gasteiger partial charge in [-0.1, -0.05) is 183 Å². The van der Waals surface area contributed by atoms with E-state index in [0.29, 0.717) is 39.0 Å². The van der Waals surface area contributed by atoms with Gasteiger partial charge in [0.1, 0.15) is 28.2 Å². The maximum absolute atomic E-state index is 12.8. The Morgan fingerprint density at radius 2 is 0.990 bits per heavy atom. The predicted octanol–water partition coefficient (Wildman–Crippen LogP) is 18.0. The van der Waals surface area contributed by atoms with Gasteiger partial charge in [0.2, 0.25) is 5.91 Å². The van der Waals surface area contributed by atoms with Crippen molar-refractivity contribution < 1.29 is 23.9 Å². The van der Waals surface area contributed by atoms with E-state index in [1.54, 1.807) is 62.4 Å². The zero-order chi connectivity index (χ0) is 69.2. The lowest BCUT2D eigenvalue weighted by Gasteiger charge is -2.38. The maximum Gasteiger partial charge on any atom is 0.324 e. The average Bonchev–Trinajstić information content (AvgIpc) is 1.69. The Balaban J connectivity index is 0.000000135. The molecular weight excluding hydrogens is 1340 g/mol. The number of cyclic esters (lactones) is 2. The van der Waals surface area contributed by atoms with Gasteiger partial charge in [-0.15, -0.1) is 0 Å². The number of nitrogens with one attached hydrogen (secondary N) is 6. The van der Waals surface area contributed by atoms with Crippen LogP contribution in [0.4, 0.5) is 0 Å². The number of carbonyl (C=O) groups is 3. The van der Waals surface area contributed by atoms with Crippen LogP contribution < -0.4 is 10.6 Å². The smallest absolute Gasteiger partial charge is 0.324 e. The molecule has 0 bridgehead atoms. The Labute approximate surface area is 588 Å². The minimum atomic E-state index is -1.62. The summed E-state index contributed by atoms with van der Waals surface area (Å²) in [4.78, 5) is 71.4. The van der Waals surface area contributed by atoms with Crippen LogP contribution in [0.1, 0.15) is 98.6 Å². The first kappa shape index (κ1) is 70.9. The lowest BCUT2D eigenvalue weighted by molar-refractivity contribution is -0.240. The lowest BCUT2D eigenvalue weighted by Crippen LogP contribution is -2.48. The summed E-state index contributed by atoms with van der Waals surface area (Å²) in [6.45, 7) is 15.7. The number of nitrogens with zero attached hydrogens (tertiary/aromatic N) is 6. The minimum absolute atomic E-state index is 0.0109. The van der Waals surface area contributed by atoms with E-state index in [1.807, 2.05) is 111 Å². The van der Waals surface area contributed by atoms with E-state index in [2.05, 4.69) is 130 Å². The number of hydrogen-bond donors (Lipinski definition) is 6. The Bertz CT molecular complexity index is 4820. The number of H-pyrrole nitrogens is 4. The first-order valence-corrected chi connectivity index (χ1v) is 36.3. The standard InChI is InChI=1S/C20H17ClN2O4.C17H16ClN3O.C17H18ClN3.C13H19ClN2Si.C7H5ClN2/c1-20(2)26-18(24)16(19(25)27-20)14(11-6-4-3-5-7-11)12-10-23-17-15(12)13(21)8-9-22-17;1-19-15(22)9-12(11-5-3-2-4-6-11)13-10-21-17-16(13)14(18)7-8-20-17;1-19-9-7-13(12-5-3-2-4-6-12)14-11-21-17-16(14)15(18)8-10-20-17;1-13(2,3)17(4,5)16-9-7-10-11(14)6-8-15-12(10)16;8-6-2-4-10-7-5(6)1-3-9-7/h3-10,14,16H,1-2H3,(H,22,23);2-8,10,12H,9H2,1H3,(H,19,22)(H,20,21);2-6,8,10-11,13,19H,7,9H2,1H3,(H,20,21);6-9H,1-5H3;1-4H,(H,9,10). The number of fused-ring (bicyclic) bond motifs is 5. The summed E-state index contributed by atoms with van der Waals surface area (Å²) in [7, 11) is 2.00. The number of halogens is 5. The van der Waals surface area contributed by atoms with E-state index in [1.165, 1.54) is 25.0 Å². The molecule has 11 heterocycles. The second-order valence-corrected chi connectivity index (χ2v) is 32.3. The molecule has 3 atom stereocenters. The molecule has 3 aromatic carbocycles. The topological polar surface area (TPSA) is 226 Å². The third-order valence-corrected chi connectivity index (χ3v) is 24.4. The number of rotatable bonds is 13. The van der Waals surface area contributed by atoms with Gasteiger partial charge in [0.25, 0.3) is 5.79 Å². The van der Waals surface area contributed by atoms with Crippen molar-refractivity contribution in [2.24, 2.45) is 5.92 Å². The second kappa shape index (κ2) is 31.1. The molecule has 10 aromatic heterocycles.